The Hall–Kier alpha value is -3.14. The molecule has 164 valence electrons. The van der Waals surface area contributed by atoms with Crippen LogP contribution in [0, 0.1) is 10.7 Å². The van der Waals surface area contributed by atoms with Gasteiger partial charge >= 0.3 is 23.9 Å². The molecule has 0 aliphatic heterocycles. The van der Waals surface area contributed by atoms with E-state index in [9.17, 15) is 24.3 Å². The van der Waals surface area contributed by atoms with E-state index in [-0.39, 0.29) is 19.5 Å². The Balaban J connectivity index is 0.00000263. The van der Waals surface area contributed by atoms with Crippen molar-refractivity contribution in [2.24, 2.45) is 0 Å². The summed E-state index contributed by atoms with van der Waals surface area (Å²) >= 11 is 3.09. The van der Waals surface area contributed by atoms with Crippen molar-refractivity contribution in [3.8, 4) is 5.40 Å². The lowest BCUT2D eigenvalue weighted by atomic mass is 10.0. The first-order valence-corrected chi connectivity index (χ1v) is 8.97. The van der Waals surface area contributed by atoms with Gasteiger partial charge in [0.25, 0.3) is 0 Å². The second-order valence-corrected chi connectivity index (χ2v) is 6.21. The molecule has 1 atom stereocenters. The number of thiocyanates is 1. The molecular formula is C18H23N3O8S. The molecule has 0 amide bonds. The Bertz CT molecular complexity index is 738. The van der Waals surface area contributed by atoms with Gasteiger partial charge < -0.3 is 20.4 Å². The fraction of sp³-hybridized carbons (Fsp3) is 0.389. The van der Waals surface area contributed by atoms with Crippen LogP contribution in [0.1, 0.15) is 5.56 Å². The SMILES string of the molecule is N#CS.O=C(O)CN(CCN(CC(=O)O)C(Cc1ccccc1)C(=O)O)CC(=O)O. The second kappa shape index (κ2) is 14.8. The fourth-order valence-electron chi connectivity index (χ4n) is 2.60. The van der Waals surface area contributed by atoms with Crippen molar-refractivity contribution >= 4 is 36.5 Å². The summed E-state index contributed by atoms with van der Waals surface area (Å²) in [6.45, 7) is -1.90. The van der Waals surface area contributed by atoms with Gasteiger partial charge in [0.1, 0.15) is 11.4 Å². The van der Waals surface area contributed by atoms with E-state index in [1.165, 1.54) is 10.3 Å². The zero-order chi connectivity index (χ0) is 23.1. The number of benzene rings is 1. The van der Waals surface area contributed by atoms with E-state index in [4.69, 9.17) is 20.6 Å². The normalized spacial score (nSPS) is 11.1. The van der Waals surface area contributed by atoms with Crippen LogP contribution in [0.4, 0.5) is 0 Å². The minimum Gasteiger partial charge on any atom is -0.480 e. The maximum absolute atomic E-state index is 11.7. The number of nitrogens with zero attached hydrogens (tertiary/aromatic N) is 3. The molecule has 0 saturated carbocycles. The molecule has 1 unspecified atom stereocenters. The first kappa shape index (κ1) is 26.9. The van der Waals surface area contributed by atoms with E-state index < -0.39 is 49.6 Å². The van der Waals surface area contributed by atoms with Gasteiger partial charge in [-0.1, -0.05) is 43.0 Å². The summed E-state index contributed by atoms with van der Waals surface area (Å²) in [5.74, 6) is -4.93. The zero-order valence-corrected chi connectivity index (χ0v) is 16.8. The smallest absolute Gasteiger partial charge is 0.321 e. The predicted molar refractivity (Wildman–Crippen MR) is 107 cm³/mol. The molecule has 0 radical (unpaired) electrons. The van der Waals surface area contributed by atoms with Crippen LogP contribution < -0.4 is 0 Å². The number of nitriles is 1. The molecule has 4 N–H and O–H groups in total. The molecule has 0 saturated heterocycles. The number of carboxylic acid groups (broad SMARTS) is 4. The van der Waals surface area contributed by atoms with Crippen LogP contribution in [0.5, 0.6) is 0 Å². The van der Waals surface area contributed by atoms with Gasteiger partial charge in [-0.05, 0) is 12.0 Å². The summed E-state index contributed by atoms with van der Waals surface area (Å²) in [5, 5.41) is 45.0. The number of aliphatic carboxylic acids is 4. The number of hydrogen-bond donors (Lipinski definition) is 5. The molecule has 1 rings (SSSR count). The highest BCUT2D eigenvalue weighted by atomic mass is 32.1. The number of carboxylic acids is 4. The minimum atomic E-state index is -1.24. The molecular weight excluding hydrogens is 418 g/mol. The lowest BCUT2D eigenvalue weighted by molar-refractivity contribution is -0.148. The van der Waals surface area contributed by atoms with Gasteiger partial charge in [-0.25, -0.2) is 0 Å². The lowest BCUT2D eigenvalue weighted by Gasteiger charge is -2.29. The molecule has 0 bridgehead atoms. The predicted octanol–water partition coefficient (Wildman–Crippen LogP) is -0.0626. The van der Waals surface area contributed by atoms with Crippen molar-refractivity contribution in [2.45, 2.75) is 12.5 Å². The van der Waals surface area contributed by atoms with Crippen molar-refractivity contribution in [1.29, 1.82) is 5.26 Å². The average molecular weight is 441 g/mol. The van der Waals surface area contributed by atoms with Gasteiger partial charge in [-0.2, -0.15) is 5.26 Å². The number of thiol groups is 1. The van der Waals surface area contributed by atoms with Crippen molar-refractivity contribution < 1.29 is 39.6 Å². The van der Waals surface area contributed by atoms with Crippen LogP contribution in [0.15, 0.2) is 30.3 Å². The van der Waals surface area contributed by atoms with Crippen LogP contribution in [0.2, 0.25) is 0 Å². The monoisotopic (exact) mass is 441 g/mol. The Morgan fingerprint density at radius 1 is 0.900 bits per heavy atom. The third-order valence-electron chi connectivity index (χ3n) is 3.76. The van der Waals surface area contributed by atoms with Crippen LogP contribution in [0.25, 0.3) is 0 Å². The van der Waals surface area contributed by atoms with Crippen LogP contribution in [-0.2, 0) is 25.6 Å². The van der Waals surface area contributed by atoms with E-state index in [1.54, 1.807) is 30.3 Å². The highest BCUT2D eigenvalue weighted by Gasteiger charge is 2.28. The van der Waals surface area contributed by atoms with Crippen molar-refractivity contribution in [3.63, 3.8) is 0 Å². The molecule has 12 heteroatoms. The van der Waals surface area contributed by atoms with E-state index in [0.717, 1.165) is 4.90 Å². The van der Waals surface area contributed by atoms with Gasteiger partial charge in [-0.3, -0.25) is 29.0 Å². The molecule has 0 aliphatic carbocycles. The summed E-state index contributed by atoms with van der Waals surface area (Å²) in [4.78, 5) is 46.9. The fourth-order valence-corrected chi connectivity index (χ4v) is 2.60. The summed E-state index contributed by atoms with van der Waals surface area (Å²) in [5.41, 5.74) is 0.702. The average Bonchev–Trinajstić information content (AvgIpc) is 2.63. The third-order valence-corrected chi connectivity index (χ3v) is 3.76. The van der Waals surface area contributed by atoms with E-state index in [1.807, 2.05) is 0 Å². The summed E-state index contributed by atoms with van der Waals surface area (Å²) in [7, 11) is 0. The molecule has 0 aliphatic rings. The number of hydrogen-bond acceptors (Lipinski definition) is 8. The maximum Gasteiger partial charge on any atom is 0.321 e. The largest absolute Gasteiger partial charge is 0.480 e. The molecule has 0 fully saturated rings. The third kappa shape index (κ3) is 12.3. The van der Waals surface area contributed by atoms with Crippen LogP contribution >= 0.6 is 12.6 Å². The molecule has 11 nitrogen and oxygen atoms in total. The molecule has 1 aromatic rings. The summed E-state index contributed by atoms with van der Waals surface area (Å²) in [6.07, 6.45) is 0.0569. The van der Waals surface area contributed by atoms with E-state index in [0.29, 0.717) is 5.56 Å². The van der Waals surface area contributed by atoms with Gasteiger partial charge in [0, 0.05) is 13.1 Å². The highest BCUT2D eigenvalue weighted by Crippen LogP contribution is 2.10. The summed E-state index contributed by atoms with van der Waals surface area (Å²) < 4.78 is 0. The molecule has 0 heterocycles. The lowest BCUT2D eigenvalue weighted by Crippen LogP contribution is -2.49. The van der Waals surface area contributed by atoms with Gasteiger partial charge in [0.2, 0.25) is 0 Å². The highest BCUT2D eigenvalue weighted by molar-refractivity contribution is 7.85. The van der Waals surface area contributed by atoms with E-state index in [2.05, 4.69) is 12.6 Å². The standard InChI is InChI=1S/C17H22N2O8.CHNS/c20-14(21)9-18(10-15(22)23)6-7-19(11-16(24)25)13(17(26)27)8-12-4-2-1-3-5-12;2-1-3/h1-5,13H,6-11H2,(H,20,21)(H,22,23)(H,24,25)(H,26,27);3H. The quantitative estimate of drug-likeness (QED) is 0.204. The van der Waals surface area contributed by atoms with E-state index >= 15 is 0 Å². The van der Waals surface area contributed by atoms with Gasteiger partial charge in [0.15, 0.2) is 0 Å². The maximum atomic E-state index is 11.7. The Kier molecular flexibility index (Phi) is 13.3. The van der Waals surface area contributed by atoms with Gasteiger partial charge in [0.05, 0.1) is 19.6 Å². The van der Waals surface area contributed by atoms with Crippen molar-refractivity contribution in [1.82, 2.24) is 9.80 Å². The Morgan fingerprint density at radius 2 is 1.37 bits per heavy atom. The zero-order valence-electron chi connectivity index (χ0n) is 15.9. The number of carbonyl (C=O) groups is 4. The second-order valence-electron chi connectivity index (χ2n) is 6.01. The minimum absolute atomic E-state index is 0.0569. The molecule has 0 spiro atoms. The Labute approximate surface area is 178 Å². The van der Waals surface area contributed by atoms with Crippen molar-refractivity contribution in [3.05, 3.63) is 35.9 Å². The molecule has 30 heavy (non-hydrogen) atoms. The topological polar surface area (TPSA) is 179 Å². The first-order valence-electron chi connectivity index (χ1n) is 8.52. The Morgan fingerprint density at radius 3 is 1.77 bits per heavy atom. The van der Waals surface area contributed by atoms with Gasteiger partial charge in [-0.15, -0.1) is 0 Å². The molecule has 0 aromatic heterocycles. The first-order chi connectivity index (χ1) is 14.1. The van der Waals surface area contributed by atoms with Crippen molar-refractivity contribution in [2.75, 3.05) is 32.7 Å². The summed E-state index contributed by atoms with van der Waals surface area (Å²) in [6, 6.07) is 7.52. The van der Waals surface area contributed by atoms with Crippen LogP contribution in [-0.4, -0.2) is 92.9 Å². The molecule has 1 aromatic carbocycles. The van der Waals surface area contributed by atoms with Crippen LogP contribution in [0.3, 0.4) is 0 Å². The number of rotatable bonds is 13.